The Morgan fingerprint density at radius 1 is 1.44 bits per heavy atom. The van der Waals surface area contributed by atoms with Crippen LogP contribution in [-0.2, 0) is 0 Å². The molecule has 2 rings (SSSR count). The van der Waals surface area contributed by atoms with E-state index in [4.69, 9.17) is 5.11 Å². The fourth-order valence-corrected chi connectivity index (χ4v) is 2.69. The van der Waals surface area contributed by atoms with E-state index in [9.17, 15) is 4.79 Å². The van der Waals surface area contributed by atoms with Gasteiger partial charge in [0.15, 0.2) is 5.78 Å². The summed E-state index contributed by atoms with van der Waals surface area (Å²) in [6, 6.07) is 7.76. The molecule has 1 heterocycles. The molecule has 1 fully saturated rings. The van der Waals surface area contributed by atoms with Crippen LogP contribution in [0.4, 0.5) is 0 Å². The van der Waals surface area contributed by atoms with Crippen molar-refractivity contribution in [3.63, 3.8) is 0 Å². The molecular weight excluding hydrogens is 246 g/mol. The summed E-state index contributed by atoms with van der Waals surface area (Å²) in [4.78, 5) is 15.4. The highest BCUT2D eigenvalue weighted by Gasteiger charge is 2.23. The number of ketones is 1. The third-order valence-electron chi connectivity index (χ3n) is 3.41. The summed E-state index contributed by atoms with van der Waals surface area (Å²) < 4.78 is 0. The zero-order valence-electron chi connectivity index (χ0n) is 10.6. The summed E-state index contributed by atoms with van der Waals surface area (Å²) in [6.07, 6.45) is 3.02. The minimum absolute atomic E-state index is 0.168. The fourth-order valence-electron chi connectivity index (χ4n) is 2.28. The summed E-state index contributed by atoms with van der Waals surface area (Å²) in [5.74, 6) is 0.512. The minimum atomic E-state index is 0.168. The smallest absolute Gasteiger partial charge is 0.176 e. The number of nitrogens with zero attached hydrogens (tertiary/aromatic N) is 1. The third-order valence-corrected chi connectivity index (χ3v) is 4.15. The highest BCUT2D eigenvalue weighted by Crippen LogP contribution is 2.18. The molecule has 1 aliphatic heterocycles. The van der Waals surface area contributed by atoms with Crippen molar-refractivity contribution in [2.45, 2.75) is 11.3 Å². The van der Waals surface area contributed by atoms with Gasteiger partial charge in [0.05, 0.1) is 6.54 Å². The molecule has 0 aliphatic carbocycles. The second kappa shape index (κ2) is 6.36. The molecule has 1 N–H and O–H groups in total. The molecule has 1 aromatic carbocycles. The molecule has 0 radical (unpaired) electrons. The van der Waals surface area contributed by atoms with Gasteiger partial charge in [-0.2, -0.15) is 0 Å². The molecule has 98 valence electrons. The van der Waals surface area contributed by atoms with Gasteiger partial charge in [0, 0.05) is 23.6 Å². The maximum atomic E-state index is 12.1. The lowest BCUT2D eigenvalue weighted by molar-refractivity contribution is 0.0940. The molecule has 1 atom stereocenters. The molecule has 0 aromatic heterocycles. The van der Waals surface area contributed by atoms with E-state index in [-0.39, 0.29) is 12.4 Å². The van der Waals surface area contributed by atoms with Gasteiger partial charge in [0.1, 0.15) is 0 Å². The Morgan fingerprint density at radius 2 is 2.17 bits per heavy atom. The second-order valence-corrected chi connectivity index (χ2v) is 5.60. The second-order valence-electron chi connectivity index (χ2n) is 4.72. The Morgan fingerprint density at radius 3 is 2.72 bits per heavy atom. The van der Waals surface area contributed by atoms with Crippen LogP contribution in [0.3, 0.4) is 0 Å². The molecule has 4 heteroatoms. The first kappa shape index (κ1) is 13.6. The first-order valence-corrected chi connectivity index (χ1v) is 7.46. The molecular formula is C14H19NO2S. The van der Waals surface area contributed by atoms with E-state index in [0.717, 1.165) is 25.1 Å². The Hall–Kier alpha value is -0.840. The van der Waals surface area contributed by atoms with Crippen LogP contribution in [0.1, 0.15) is 16.8 Å². The van der Waals surface area contributed by atoms with Crippen molar-refractivity contribution >= 4 is 17.5 Å². The third kappa shape index (κ3) is 3.34. The van der Waals surface area contributed by atoms with Crippen LogP contribution in [0, 0.1) is 5.92 Å². The molecule has 0 spiro atoms. The highest BCUT2D eigenvalue weighted by atomic mass is 32.2. The van der Waals surface area contributed by atoms with Gasteiger partial charge in [-0.25, -0.2) is 0 Å². The van der Waals surface area contributed by atoms with Crippen molar-refractivity contribution in [2.75, 3.05) is 32.5 Å². The Bertz CT molecular complexity index is 405. The average molecular weight is 265 g/mol. The van der Waals surface area contributed by atoms with E-state index in [1.807, 2.05) is 30.5 Å². The van der Waals surface area contributed by atoms with E-state index in [2.05, 4.69) is 4.90 Å². The standard InChI is InChI=1S/C14H19NO2S/c1-18-13-4-2-12(3-5-13)14(17)9-15-7-6-11(8-15)10-16/h2-5,11,16H,6-10H2,1H3. The summed E-state index contributed by atoms with van der Waals surface area (Å²) in [5, 5.41) is 9.08. The Kier molecular flexibility index (Phi) is 4.80. The maximum Gasteiger partial charge on any atom is 0.176 e. The number of hydrogen-bond acceptors (Lipinski definition) is 4. The number of benzene rings is 1. The summed E-state index contributed by atoms with van der Waals surface area (Å²) in [5.41, 5.74) is 0.778. The molecule has 1 unspecified atom stereocenters. The van der Waals surface area contributed by atoms with Gasteiger partial charge in [-0.3, -0.25) is 9.69 Å². The molecule has 1 aromatic rings. The zero-order valence-corrected chi connectivity index (χ0v) is 11.4. The predicted molar refractivity (Wildman–Crippen MR) is 74.2 cm³/mol. The average Bonchev–Trinajstić information content (AvgIpc) is 2.86. The largest absolute Gasteiger partial charge is 0.396 e. The van der Waals surface area contributed by atoms with Crippen LogP contribution in [0.2, 0.25) is 0 Å². The SMILES string of the molecule is CSc1ccc(C(=O)CN2CCC(CO)C2)cc1. The number of rotatable bonds is 5. The van der Waals surface area contributed by atoms with Crippen LogP contribution < -0.4 is 0 Å². The zero-order chi connectivity index (χ0) is 13.0. The molecule has 1 saturated heterocycles. The predicted octanol–water partition coefficient (Wildman–Crippen LogP) is 1.91. The van der Waals surface area contributed by atoms with Crippen molar-refractivity contribution in [3.05, 3.63) is 29.8 Å². The fraction of sp³-hybridized carbons (Fsp3) is 0.500. The number of likely N-dealkylation sites (tertiary alicyclic amines) is 1. The van der Waals surface area contributed by atoms with E-state index in [1.165, 1.54) is 4.90 Å². The number of aliphatic hydroxyl groups is 1. The molecule has 18 heavy (non-hydrogen) atoms. The van der Waals surface area contributed by atoms with Gasteiger partial charge in [0.25, 0.3) is 0 Å². The van der Waals surface area contributed by atoms with Gasteiger partial charge in [-0.1, -0.05) is 12.1 Å². The van der Waals surface area contributed by atoms with Gasteiger partial charge in [-0.05, 0) is 37.3 Å². The number of aliphatic hydroxyl groups excluding tert-OH is 1. The van der Waals surface area contributed by atoms with E-state index >= 15 is 0 Å². The number of carbonyl (C=O) groups is 1. The molecule has 1 aliphatic rings. The molecule has 0 bridgehead atoms. The lowest BCUT2D eigenvalue weighted by Crippen LogP contribution is -2.28. The highest BCUT2D eigenvalue weighted by molar-refractivity contribution is 7.98. The first-order chi connectivity index (χ1) is 8.72. The van der Waals surface area contributed by atoms with Crippen LogP contribution in [0.25, 0.3) is 0 Å². The van der Waals surface area contributed by atoms with Crippen molar-refractivity contribution in [2.24, 2.45) is 5.92 Å². The van der Waals surface area contributed by atoms with Gasteiger partial charge in [0.2, 0.25) is 0 Å². The molecule has 0 saturated carbocycles. The van der Waals surface area contributed by atoms with Gasteiger partial charge >= 0.3 is 0 Å². The first-order valence-electron chi connectivity index (χ1n) is 6.23. The monoisotopic (exact) mass is 265 g/mol. The van der Waals surface area contributed by atoms with Crippen molar-refractivity contribution in [3.8, 4) is 0 Å². The number of thioether (sulfide) groups is 1. The Labute approximate surface area is 112 Å². The van der Waals surface area contributed by atoms with Crippen LogP contribution in [0.15, 0.2) is 29.2 Å². The van der Waals surface area contributed by atoms with Crippen molar-refractivity contribution < 1.29 is 9.90 Å². The quantitative estimate of drug-likeness (QED) is 0.652. The van der Waals surface area contributed by atoms with Crippen molar-refractivity contribution in [1.29, 1.82) is 0 Å². The summed E-state index contributed by atoms with van der Waals surface area (Å²) in [6.45, 7) is 2.45. The molecule has 0 amide bonds. The van der Waals surface area contributed by atoms with Crippen LogP contribution >= 0.6 is 11.8 Å². The lowest BCUT2D eigenvalue weighted by atomic mass is 10.1. The van der Waals surface area contributed by atoms with E-state index < -0.39 is 0 Å². The van der Waals surface area contributed by atoms with Crippen LogP contribution in [0.5, 0.6) is 0 Å². The normalized spacial score (nSPS) is 20.2. The number of hydrogen-bond donors (Lipinski definition) is 1. The topological polar surface area (TPSA) is 40.5 Å². The minimum Gasteiger partial charge on any atom is -0.396 e. The molecule has 3 nitrogen and oxygen atoms in total. The van der Waals surface area contributed by atoms with Gasteiger partial charge in [-0.15, -0.1) is 11.8 Å². The summed E-state index contributed by atoms with van der Waals surface area (Å²) in [7, 11) is 0. The lowest BCUT2D eigenvalue weighted by Gasteiger charge is -2.14. The number of carbonyl (C=O) groups excluding carboxylic acids is 1. The Balaban J connectivity index is 1.91. The van der Waals surface area contributed by atoms with Crippen molar-refractivity contribution in [1.82, 2.24) is 4.90 Å². The number of Topliss-reactive ketones (excluding diaryl/α,β-unsaturated/α-hetero) is 1. The maximum absolute atomic E-state index is 12.1. The van der Waals surface area contributed by atoms with E-state index in [1.54, 1.807) is 11.8 Å². The van der Waals surface area contributed by atoms with E-state index in [0.29, 0.717) is 12.5 Å². The van der Waals surface area contributed by atoms with Crippen LogP contribution in [-0.4, -0.2) is 48.3 Å². The summed E-state index contributed by atoms with van der Waals surface area (Å²) >= 11 is 1.68. The van der Waals surface area contributed by atoms with Gasteiger partial charge < -0.3 is 5.11 Å².